The number of carbonyl (C=O) groups is 1. The third-order valence-electron chi connectivity index (χ3n) is 4.96. The van der Waals surface area contributed by atoms with Crippen molar-refractivity contribution in [2.75, 3.05) is 57.0 Å². The van der Waals surface area contributed by atoms with Crippen LogP contribution in [0.1, 0.15) is 0 Å². The van der Waals surface area contributed by atoms with E-state index in [4.69, 9.17) is 0 Å². The number of sulfonamides is 1. The van der Waals surface area contributed by atoms with E-state index in [1.807, 2.05) is 43.3 Å². The minimum atomic E-state index is -3.50. The molecule has 0 saturated carbocycles. The molecular formula is C20H26BrN4O3S+. The first-order valence-corrected chi connectivity index (χ1v) is 11.7. The Hall–Kier alpha value is -1.94. The Morgan fingerprint density at radius 2 is 1.66 bits per heavy atom. The van der Waals surface area contributed by atoms with E-state index in [1.165, 1.54) is 4.31 Å². The summed E-state index contributed by atoms with van der Waals surface area (Å²) in [5.74, 6) is -0.0678. The van der Waals surface area contributed by atoms with Crippen molar-refractivity contribution in [3.63, 3.8) is 0 Å². The summed E-state index contributed by atoms with van der Waals surface area (Å²) in [6.07, 6.45) is 0. The lowest BCUT2D eigenvalue weighted by atomic mass is 10.2. The predicted octanol–water partition coefficient (Wildman–Crippen LogP) is 1.04. The van der Waals surface area contributed by atoms with Crippen molar-refractivity contribution in [1.29, 1.82) is 0 Å². The van der Waals surface area contributed by atoms with Crippen LogP contribution in [-0.4, -0.2) is 65.4 Å². The fraction of sp³-hybridized carbons (Fsp3) is 0.350. The zero-order valence-corrected chi connectivity index (χ0v) is 19.0. The first-order chi connectivity index (χ1) is 13.8. The number of quaternary nitrogens is 1. The van der Waals surface area contributed by atoms with Crippen LogP contribution in [0.5, 0.6) is 0 Å². The quantitative estimate of drug-likeness (QED) is 0.646. The first-order valence-electron chi connectivity index (χ1n) is 9.42. The van der Waals surface area contributed by atoms with Crippen molar-refractivity contribution >= 4 is 43.2 Å². The summed E-state index contributed by atoms with van der Waals surface area (Å²) in [6, 6.07) is 14.3. The van der Waals surface area contributed by atoms with E-state index in [-0.39, 0.29) is 5.91 Å². The fourth-order valence-corrected chi connectivity index (χ4v) is 4.96. The Bertz CT molecular complexity index is 939. The van der Waals surface area contributed by atoms with Gasteiger partial charge in [-0.3, -0.25) is 4.79 Å². The van der Waals surface area contributed by atoms with Gasteiger partial charge in [-0.2, -0.15) is 4.31 Å². The molecular weight excluding hydrogens is 456 g/mol. The number of hydrogen-bond donors (Lipinski definition) is 2. The van der Waals surface area contributed by atoms with Gasteiger partial charge in [0.05, 0.1) is 31.1 Å². The number of nitrogens with one attached hydrogen (secondary N) is 2. The molecule has 1 saturated heterocycles. The van der Waals surface area contributed by atoms with Crippen LogP contribution in [0.2, 0.25) is 0 Å². The first kappa shape index (κ1) is 21.8. The smallest absolute Gasteiger partial charge is 0.279 e. The molecule has 9 heteroatoms. The van der Waals surface area contributed by atoms with Crippen LogP contribution in [-0.2, 0) is 14.8 Å². The average Bonchev–Trinajstić information content (AvgIpc) is 2.69. The molecule has 2 aromatic carbocycles. The van der Waals surface area contributed by atoms with Crippen LogP contribution in [0, 0.1) is 0 Å². The van der Waals surface area contributed by atoms with Gasteiger partial charge in [-0.25, -0.2) is 8.42 Å². The maximum atomic E-state index is 12.8. The second-order valence-corrected chi connectivity index (χ2v) is 10.1. The van der Waals surface area contributed by atoms with Crippen LogP contribution in [0.3, 0.4) is 0 Å². The van der Waals surface area contributed by atoms with Crippen molar-refractivity contribution in [2.45, 2.75) is 4.90 Å². The Morgan fingerprint density at radius 3 is 2.21 bits per heavy atom. The Kier molecular flexibility index (Phi) is 6.94. The summed E-state index contributed by atoms with van der Waals surface area (Å²) >= 11 is 3.32. The number of halogens is 1. The molecule has 0 atom stereocenters. The normalized spacial score (nSPS) is 15.8. The van der Waals surface area contributed by atoms with E-state index < -0.39 is 10.0 Å². The number of rotatable bonds is 6. The molecule has 3 rings (SSSR count). The van der Waals surface area contributed by atoms with Crippen LogP contribution < -0.4 is 15.1 Å². The molecule has 2 N–H and O–H groups in total. The van der Waals surface area contributed by atoms with Gasteiger partial charge < -0.3 is 15.1 Å². The summed E-state index contributed by atoms with van der Waals surface area (Å²) in [7, 11) is 0.436. The predicted molar refractivity (Wildman–Crippen MR) is 118 cm³/mol. The number of nitrogens with zero attached hydrogens (tertiary/aromatic N) is 2. The third kappa shape index (κ3) is 5.57. The molecule has 1 aliphatic rings. The topological polar surface area (TPSA) is 74.2 Å². The zero-order chi connectivity index (χ0) is 21.0. The molecule has 156 valence electrons. The van der Waals surface area contributed by atoms with Gasteiger partial charge in [0.25, 0.3) is 5.91 Å². The lowest BCUT2D eigenvalue weighted by Crippen LogP contribution is -3.15. The standard InChI is InChI=1S/C20H25BrN4O3S/c1-23(2)18-7-5-17(6-8-18)22-20(26)15-24-11-13-25(14-12-24)29(27,28)19-9-3-16(21)4-10-19/h3-10H,11-15H2,1-2H3,(H,22,26)/p+1. The molecule has 7 nitrogen and oxygen atoms in total. The van der Waals surface area contributed by atoms with Crippen molar-refractivity contribution in [3.8, 4) is 0 Å². The SMILES string of the molecule is CN(C)c1ccc(NC(=O)C[NH+]2CCN(S(=O)(=O)c3ccc(Br)cc3)CC2)cc1. The minimum absolute atomic E-state index is 0.0678. The van der Waals surface area contributed by atoms with Gasteiger partial charge in [-0.15, -0.1) is 0 Å². The fourth-order valence-electron chi connectivity index (χ4n) is 3.25. The maximum Gasteiger partial charge on any atom is 0.279 e. The van der Waals surface area contributed by atoms with Gasteiger partial charge in [-0.1, -0.05) is 15.9 Å². The van der Waals surface area contributed by atoms with Gasteiger partial charge in [0, 0.05) is 29.9 Å². The number of carbonyl (C=O) groups excluding carboxylic acids is 1. The molecule has 0 bridgehead atoms. The maximum absolute atomic E-state index is 12.8. The van der Waals surface area contributed by atoms with Gasteiger partial charge in [0.1, 0.15) is 0 Å². The highest BCUT2D eigenvalue weighted by molar-refractivity contribution is 9.10. The number of piperazine rings is 1. The van der Waals surface area contributed by atoms with Crippen molar-refractivity contribution in [3.05, 3.63) is 53.0 Å². The Labute approximate surface area is 180 Å². The molecule has 1 aliphatic heterocycles. The highest BCUT2D eigenvalue weighted by Gasteiger charge is 2.31. The number of anilines is 2. The molecule has 0 radical (unpaired) electrons. The summed E-state index contributed by atoms with van der Waals surface area (Å²) in [5, 5.41) is 2.91. The van der Waals surface area contributed by atoms with Crippen LogP contribution in [0.15, 0.2) is 57.9 Å². The van der Waals surface area contributed by atoms with E-state index in [2.05, 4.69) is 21.2 Å². The highest BCUT2D eigenvalue weighted by atomic mass is 79.9. The van der Waals surface area contributed by atoms with E-state index in [9.17, 15) is 13.2 Å². The molecule has 1 amide bonds. The molecule has 1 heterocycles. The summed E-state index contributed by atoms with van der Waals surface area (Å²) in [5.41, 5.74) is 1.83. The molecule has 0 unspecified atom stereocenters. The summed E-state index contributed by atoms with van der Waals surface area (Å²) < 4.78 is 27.9. The second kappa shape index (κ2) is 9.25. The average molecular weight is 482 g/mol. The number of benzene rings is 2. The van der Waals surface area contributed by atoms with E-state index in [0.717, 1.165) is 20.7 Å². The van der Waals surface area contributed by atoms with Crippen molar-refractivity contribution in [1.82, 2.24) is 4.31 Å². The highest BCUT2D eigenvalue weighted by Crippen LogP contribution is 2.19. The van der Waals surface area contributed by atoms with E-state index in [1.54, 1.807) is 24.3 Å². The van der Waals surface area contributed by atoms with Gasteiger partial charge in [-0.05, 0) is 48.5 Å². The molecule has 0 spiro atoms. The lowest BCUT2D eigenvalue weighted by Gasteiger charge is -2.31. The monoisotopic (exact) mass is 481 g/mol. The zero-order valence-electron chi connectivity index (χ0n) is 16.6. The van der Waals surface area contributed by atoms with Gasteiger partial charge >= 0.3 is 0 Å². The van der Waals surface area contributed by atoms with Crippen LogP contribution >= 0.6 is 15.9 Å². The lowest BCUT2D eigenvalue weighted by molar-refractivity contribution is -0.895. The van der Waals surface area contributed by atoms with E-state index in [0.29, 0.717) is 37.6 Å². The van der Waals surface area contributed by atoms with Crippen LogP contribution in [0.4, 0.5) is 11.4 Å². The molecule has 0 aliphatic carbocycles. The third-order valence-corrected chi connectivity index (χ3v) is 7.40. The molecule has 2 aromatic rings. The van der Waals surface area contributed by atoms with Gasteiger partial charge in [0.15, 0.2) is 6.54 Å². The van der Waals surface area contributed by atoms with Gasteiger partial charge in [0.2, 0.25) is 10.0 Å². The second-order valence-electron chi connectivity index (χ2n) is 7.27. The Morgan fingerprint density at radius 1 is 1.07 bits per heavy atom. The summed E-state index contributed by atoms with van der Waals surface area (Å²) in [6.45, 7) is 2.32. The summed E-state index contributed by atoms with van der Waals surface area (Å²) in [4.78, 5) is 15.7. The van der Waals surface area contributed by atoms with E-state index >= 15 is 0 Å². The molecule has 1 fully saturated rings. The Balaban J connectivity index is 1.51. The number of hydrogen-bond acceptors (Lipinski definition) is 4. The number of amides is 1. The molecule has 29 heavy (non-hydrogen) atoms. The van der Waals surface area contributed by atoms with Crippen molar-refractivity contribution < 1.29 is 18.1 Å². The van der Waals surface area contributed by atoms with Crippen molar-refractivity contribution in [2.24, 2.45) is 0 Å². The molecule has 0 aromatic heterocycles. The largest absolute Gasteiger partial charge is 0.378 e. The minimum Gasteiger partial charge on any atom is -0.378 e. The van der Waals surface area contributed by atoms with Crippen LogP contribution in [0.25, 0.3) is 0 Å².